The van der Waals surface area contributed by atoms with Crippen LogP contribution in [0.15, 0.2) is 45.3 Å². The second-order valence-electron chi connectivity index (χ2n) is 3.79. The molecule has 3 N–H and O–H groups in total. The van der Waals surface area contributed by atoms with Crippen LogP contribution in [-0.4, -0.2) is 5.91 Å². The summed E-state index contributed by atoms with van der Waals surface area (Å²) in [4.78, 5) is 12.1. The van der Waals surface area contributed by atoms with Gasteiger partial charge in [0.25, 0.3) is 5.91 Å². The van der Waals surface area contributed by atoms with Gasteiger partial charge in [-0.3, -0.25) is 4.79 Å². The standard InChI is InChI=1S/C13H9Br2ClN2O/c14-7-4-5-11(9(15)6-7)18-13(19)8-2-1-3-10(17)12(8)16/h1-6H,17H2,(H,18,19). The smallest absolute Gasteiger partial charge is 0.257 e. The van der Waals surface area contributed by atoms with E-state index >= 15 is 0 Å². The summed E-state index contributed by atoms with van der Waals surface area (Å²) in [5, 5.41) is 3.03. The maximum Gasteiger partial charge on any atom is 0.257 e. The number of nitrogens with one attached hydrogen (secondary N) is 1. The van der Waals surface area contributed by atoms with Crippen LogP contribution >= 0.6 is 43.5 Å². The number of hydrogen-bond donors (Lipinski definition) is 2. The van der Waals surface area contributed by atoms with Crippen molar-refractivity contribution in [2.24, 2.45) is 0 Å². The molecule has 2 aromatic carbocycles. The normalized spacial score (nSPS) is 10.3. The van der Waals surface area contributed by atoms with Gasteiger partial charge >= 0.3 is 0 Å². The molecular formula is C13H9Br2ClN2O. The third-order valence-electron chi connectivity index (χ3n) is 2.45. The highest BCUT2D eigenvalue weighted by atomic mass is 79.9. The first-order chi connectivity index (χ1) is 8.99. The van der Waals surface area contributed by atoms with E-state index in [2.05, 4.69) is 37.2 Å². The molecule has 6 heteroatoms. The van der Waals surface area contributed by atoms with Crippen LogP contribution in [0.25, 0.3) is 0 Å². The minimum absolute atomic E-state index is 0.258. The van der Waals surface area contributed by atoms with E-state index in [1.165, 1.54) is 0 Å². The number of carbonyl (C=O) groups is 1. The minimum atomic E-state index is -0.305. The molecule has 0 fully saturated rings. The molecule has 2 aromatic rings. The van der Waals surface area contributed by atoms with Crippen LogP contribution in [0.3, 0.4) is 0 Å². The first-order valence-corrected chi connectivity index (χ1v) is 7.26. The van der Waals surface area contributed by atoms with E-state index in [0.29, 0.717) is 16.9 Å². The van der Waals surface area contributed by atoms with Gasteiger partial charge in [0.05, 0.1) is 22.0 Å². The Morgan fingerprint density at radius 2 is 1.95 bits per heavy atom. The van der Waals surface area contributed by atoms with Crippen LogP contribution in [0.5, 0.6) is 0 Å². The zero-order valence-corrected chi connectivity index (χ0v) is 13.5. The highest BCUT2D eigenvalue weighted by Crippen LogP contribution is 2.28. The van der Waals surface area contributed by atoms with Gasteiger partial charge in [-0.05, 0) is 46.3 Å². The molecule has 0 radical (unpaired) electrons. The molecule has 3 nitrogen and oxygen atoms in total. The van der Waals surface area contributed by atoms with Crippen molar-refractivity contribution >= 4 is 60.7 Å². The summed E-state index contributed by atoms with van der Waals surface area (Å²) >= 11 is 12.7. The number of amides is 1. The lowest BCUT2D eigenvalue weighted by molar-refractivity contribution is 0.102. The van der Waals surface area contributed by atoms with Gasteiger partial charge in [0.2, 0.25) is 0 Å². The van der Waals surface area contributed by atoms with E-state index in [9.17, 15) is 4.79 Å². The molecule has 0 aromatic heterocycles. The topological polar surface area (TPSA) is 55.1 Å². The van der Waals surface area contributed by atoms with Gasteiger partial charge in [-0.25, -0.2) is 0 Å². The van der Waals surface area contributed by atoms with E-state index in [4.69, 9.17) is 17.3 Å². The van der Waals surface area contributed by atoms with E-state index < -0.39 is 0 Å². The number of benzene rings is 2. The van der Waals surface area contributed by atoms with Crippen molar-refractivity contribution in [2.45, 2.75) is 0 Å². The summed E-state index contributed by atoms with van der Waals surface area (Å²) in [5.41, 5.74) is 7.06. The molecule has 0 unspecified atom stereocenters. The lowest BCUT2D eigenvalue weighted by atomic mass is 10.2. The zero-order valence-electron chi connectivity index (χ0n) is 9.58. The number of hydrogen-bond acceptors (Lipinski definition) is 2. The van der Waals surface area contributed by atoms with Crippen molar-refractivity contribution in [3.63, 3.8) is 0 Å². The summed E-state index contributed by atoms with van der Waals surface area (Å²) < 4.78 is 1.69. The molecule has 0 aliphatic rings. The Balaban J connectivity index is 2.28. The number of nitrogen functional groups attached to an aromatic ring is 1. The Labute approximate surface area is 132 Å². The first-order valence-electron chi connectivity index (χ1n) is 5.29. The number of carbonyl (C=O) groups excluding carboxylic acids is 1. The fourth-order valence-electron chi connectivity index (χ4n) is 1.51. The Hall–Kier alpha value is -1.04. The number of anilines is 2. The number of nitrogens with two attached hydrogens (primary N) is 1. The summed E-state index contributed by atoms with van der Waals surface area (Å²) in [6, 6.07) is 10.4. The van der Waals surface area contributed by atoms with Gasteiger partial charge in [-0.2, -0.15) is 0 Å². The molecule has 0 aliphatic carbocycles. The van der Waals surface area contributed by atoms with Gasteiger partial charge in [-0.15, -0.1) is 0 Å². The van der Waals surface area contributed by atoms with Crippen LogP contribution in [0.4, 0.5) is 11.4 Å². The predicted molar refractivity (Wildman–Crippen MR) is 85.7 cm³/mol. The van der Waals surface area contributed by atoms with Crippen LogP contribution in [0, 0.1) is 0 Å². The van der Waals surface area contributed by atoms with E-state index in [-0.39, 0.29) is 10.9 Å². The molecule has 2 rings (SSSR count). The molecule has 0 heterocycles. The number of halogens is 3. The molecule has 98 valence electrons. The van der Waals surface area contributed by atoms with E-state index in [1.807, 2.05) is 12.1 Å². The SMILES string of the molecule is Nc1cccc(C(=O)Nc2ccc(Br)cc2Br)c1Cl. The molecule has 0 spiro atoms. The average Bonchev–Trinajstić information content (AvgIpc) is 2.36. The maximum absolute atomic E-state index is 12.1. The largest absolute Gasteiger partial charge is 0.398 e. The van der Waals surface area contributed by atoms with Gasteiger partial charge in [0.1, 0.15) is 0 Å². The van der Waals surface area contributed by atoms with Crippen molar-refractivity contribution in [1.29, 1.82) is 0 Å². The summed E-state index contributed by atoms with van der Waals surface area (Å²) in [5.74, 6) is -0.305. The van der Waals surface area contributed by atoms with Gasteiger partial charge in [-0.1, -0.05) is 33.6 Å². The number of rotatable bonds is 2. The van der Waals surface area contributed by atoms with Crippen molar-refractivity contribution in [3.8, 4) is 0 Å². The average molecular weight is 404 g/mol. The fraction of sp³-hybridized carbons (Fsp3) is 0. The summed E-state index contributed by atoms with van der Waals surface area (Å²) in [6.07, 6.45) is 0. The lowest BCUT2D eigenvalue weighted by Gasteiger charge is -2.09. The Kier molecular flexibility index (Phi) is 4.50. The van der Waals surface area contributed by atoms with E-state index in [1.54, 1.807) is 24.3 Å². The van der Waals surface area contributed by atoms with Crippen LogP contribution < -0.4 is 11.1 Å². The third-order valence-corrected chi connectivity index (χ3v) is 4.02. The van der Waals surface area contributed by atoms with Crippen molar-refractivity contribution in [3.05, 3.63) is 55.9 Å². The predicted octanol–water partition coefficient (Wildman–Crippen LogP) is 4.70. The molecule has 1 amide bonds. The highest BCUT2D eigenvalue weighted by molar-refractivity contribution is 9.11. The lowest BCUT2D eigenvalue weighted by Crippen LogP contribution is -2.13. The molecule has 0 aliphatic heterocycles. The monoisotopic (exact) mass is 402 g/mol. The van der Waals surface area contributed by atoms with Gasteiger partial charge < -0.3 is 11.1 Å². The van der Waals surface area contributed by atoms with Crippen LogP contribution in [0.1, 0.15) is 10.4 Å². The molecule has 0 atom stereocenters. The quantitative estimate of drug-likeness (QED) is 0.713. The fourth-order valence-corrected chi connectivity index (χ4v) is 2.86. The zero-order chi connectivity index (χ0) is 14.0. The third kappa shape index (κ3) is 3.29. The minimum Gasteiger partial charge on any atom is -0.398 e. The molecule has 19 heavy (non-hydrogen) atoms. The van der Waals surface area contributed by atoms with Crippen molar-refractivity contribution in [2.75, 3.05) is 11.1 Å². The summed E-state index contributed by atoms with van der Waals surface area (Å²) in [6.45, 7) is 0. The molecular weight excluding hydrogens is 395 g/mol. The molecule has 0 saturated carbocycles. The van der Waals surface area contributed by atoms with Crippen LogP contribution in [-0.2, 0) is 0 Å². The molecule has 0 bridgehead atoms. The maximum atomic E-state index is 12.1. The molecule has 0 saturated heterocycles. The second kappa shape index (κ2) is 5.94. The van der Waals surface area contributed by atoms with Crippen LogP contribution in [0.2, 0.25) is 5.02 Å². The second-order valence-corrected chi connectivity index (χ2v) is 5.94. The van der Waals surface area contributed by atoms with Gasteiger partial charge in [0, 0.05) is 8.95 Å². The van der Waals surface area contributed by atoms with Crippen molar-refractivity contribution < 1.29 is 4.79 Å². The summed E-state index contributed by atoms with van der Waals surface area (Å²) in [7, 11) is 0. The van der Waals surface area contributed by atoms with Gasteiger partial charge in [0.15, 0.2) is 0 Å². The Morgan fingerprint density at radius 1 is 1.21 bits per heavy atom. The van der Waals surface area contributed by atoms with E-state index in [0.717, 1.165) is 8.95 Å². The highest BCUT2D eigenvalue weighted by Gasteiger charge is 2.13. The Morgan fingerprint density at radius 3 is 2.63 bits per heavy atom. The first kappa shape index (κ1) is 14.4. The van der Waals surface area contributed by atoms with Crippen molar-refractivity contribution in [1.82, 2.24) is 0 Å². The Bertz CT molecular complexity index is 647.